The minimum absolute atomic E-state index is 0.0832. The molecular weight excluding hydrogens is 322 g/mol. The lowest BCUT2D eigenvalue weighted by Crippen LogP contribution is -2.49. The number of hydrogen-bond acceptors (Lipinski definition) is 5. The van der Waals surface area contributed by atoms with Crippen molar-refractivity contribution in [2.75, 3.05) is 19.8 Å². The Bertz CT molecular complexity index is 538. The number of carbonyl (C=O) groups is 2. The molecule has 6 heteroatoms. The molecule has 25 heavy (non-hydrogen) atoms. The number of ether oxygens (including phenoxy) is 2. The van der Waals surface area contributed by atoms with Gasteiger partial charge >= 0.3 is 12.1 Å². The monoisotopic (exact) mass is 351 g/mol. The summed E-state index contributed by atoms with van der Waals surface area (Å²) in [7, 11) is 0. The summed E-state index contributed by atoms with van der Waals surface area (Å²) in [5.74, 6) is -0.477. The SMILES string of the molecule is CCOC(=O)[C@H](Cc1ccccc1)N(CCCO)C(=O)OC(C)(C)C. The molecule has 0 saturated heterocycles. The molecule has 0 spiro atoms. The van der Waals surface area contributed by atoms with Gasteiger partial charge in [-0.15, -0.1) is 0 Å². The summed E-state index contributed by atoms with van der Waals surface area (Å²) in [5, 5.41) is 9.15. The number of rotatable bonds is 8. The second-order valence-corrected chi connectivity index (χ2v) is 6.71. The summed E-state index contributed by atoms with van der Waals surface area (Å²) in [4.78, 5) is 26.5. The van der Waals surface area contributed by atoms with E-state index >= 15 is 0 Å². The van der Waals surface area contributed by atoms with E-state index in [0.29, 0.717) is 12.8 Å². The molecule has 0 saturated carbocycles. The molecule has 6 nitrogen and oxygen atoms in total. The number of esters is 1. The first kappa shape index (κ1) is 21.0. The average molecular weight is 351 g/mol. The number of aliphatic hydroxyl groups excluding tert-OH is 1. The van der Waals surface area contributed by atoms with Crippen LogP contribution in [0.3, 0.4) is 0 Å². The molecule has 1 amide bonds. The quantitative estimate of drug-likeness (QED) is 0.729. The van der Waals surface area contributed by atoms with Crippen LogP contribution >= 0.6 is 0 Å². The van der Waals surface area contributed by atoms with Crippen molar-refractivity contribution in [3.8, 4) is 0 Å². The van der Waals surface area contributed by atoms with Crippen LogP contribution in [0.2, 0.25) is 0 Å². The lowest BCUT2D eigenvalue weighted by atomic mass is 10.0. The zero-order chi connectivity index (χ0) is 18.9. The van der Waals surface area contributed by atoms with Gasteiger partial charge in [0, 0.05) is 19.6 Å². The maximum absolute atomic E-state index is 12.6. The van der Waals surface area contributed by atoms with Gasteiger partial charge in [-0.2, -0.15) is 0 Å². The van der Waals surface area contributed by atoms with Crippen molar-refractivity contribution in [2.45, 2.75) is 52.2 Å². The predicted octanol–water partition coefficient (Wildman–Crippen LogP) is 2.78. The summed E-state index contributed by atoms with van der Waals surface area (Å²) in [6.07, 6.45) is 0.0869. The Morgan fingerprint density at radius 3 is 2.36 bits per heavy atom. The lowest BCUT2D eigenvalue weighted by molar-refractivity contribution is -0.149. The fourth-order valence-corrected chi connectivity index (χ4v) is 2.33. The van der Waals surface area contributed by atoms with E-state index in [4.69, 9.17) is 14.6 Å². The lowest BCUT2D eigenvalue weighted by Gasteiger charge is -2.32. The van der Waals surface area contributed by atoms with Gasteiger partial charge in [0.25, 0.3) is 0 Å². The Kier molecular flexibility index (Phi) is 8.41. The molecule has 1 atom stereocenters. The normalized spacial score (nSPS) is 12.4. The van der Waals surface area contributed by atoms with E-state index in [1.807, 2.05) is 30.3 Å². The number of benzene rings is 1. The zero-order valence-corrected chi connectivity index (χ0v) is 15.5. The van der Waals surface area contributed by atoms with Crippen molar-refractivity contribution in [3.63, 3.8) is 0 Å². The van der Waals surface area contributed by atoms with Crippen molar-refractivity contribution >= 4 is 12.1 Å². The van der Waals surface area contributed by atoms with Gasteiger partial charge in [0.05, 0.1) is 6.61 Å². The first-order valence-electron chi connectivity index (χ1n) is 8.59. The molecule has 1 aromatic rings. The summed E-state index contributed by atoms with van der Waals surface area (Å²) < 4.78 is 10.6. The van der Waals surface area contributed by atoms with Gasteiger partial charge in [-0.25, -0.2) is 9.59 Å². The zero-order valence-electron chi connectivity index (χ0n) is 15.5. The molecule has 0 aliphatic heterocycles. The second kappa shape index (κ2) is 10.0. The Morgan fingerprint density at radius 1 is 1.20 bits per heavy atom. The van der Waals surface area contributed by atoms with Gasteiger partial charge in [0.1, 0.15) is 11.6 Å². The molecule has 0 radical (unpaired) electrons. The van der Waals surface area contributed by atoms with Gasteiger partial charge in [0.15, 0.2) is 0 Å². The highest BCUT2D eigenvalue weighted by Gasteiger charge is 2.33. The topological polar surface area (TPSA) is 76.1 Å². The predicted molar refractivity (Wildman–Crippen MR) is 95.2 cm³/mol. The Labute approximate surface area is 149 Å². The van der Waals surface area contributed by atoms with Gasteiger partial charge in [0.2, 0.25) is 0 Å². The van der Waals surface area contributed by atoms with E-state index in [2.05, 4.69) is 0 Å². The number of hydrogen-bond donors (Lipinski definition) is 1. The van der Waals surface area contributed by atoms with Crippen LogP contribution < -0.4 is 0 Å². The molecule has 0 aliphatic carbocycles. The van der Waals surface area contributed by atoms with Crippen LogP contribution in [-0.2, 0) is 20.7 Å². The van der Waals surface area contributed by atoms with Crippen LogP contribution in [0.1, 0.15) is 39.7 Å². The highest BCUT2D eigenvalue weighted by atomic mass is 16.6. The van der Waals surface area contributed by atoms with Crippen molar-refractivity contribution < 1.29 is 24.2 Å². The molecule has 0 fully saturated rings. The first-order valence-corrected chi connectivity index (χ1v) is 8.59. The second-order valence-electron chi connectivity index (χ2n) is 6.71. The van der Waals surface area contributed by atoms with Crippen molar-refractivity contribution in [1.29, 1.82) is 0 Å². The smallest absolute Gasteiger partial charge is 0.411 e. The summed E-state index contributed by atoms with van der Waals surface area (Å²) in [6.45, 7) is 7.39. The van der Waals surface area contributed by atoms with E-state index < -0.39 is 23.7 Å². The average Bonchev–Trinajstić information content (AvgIpc) is 2.53. The molecule has 1 aromatic carbocycles. The Morgan fingerprint density at radius 2 is 1.84 bits per heavy atom. The third-order valence-electron chi connectivity index (χ3n) is 3.39. The fourth-order valence-electron chi connectivity index (χ4n) is 2.33. The highest BCUT2D eigenvalue weighted by molar-refractivity contribution is 5.82. The molecule has 0 bridgehead atoms. The molecule has 1 rings (SSSR count). The van der Waals surface area contributed by atoms with E-state index in [0.717, 1.165) is 5.56 Å². The summed E-state index contributed by atoms with van der Waals surface area (Å²) in [6, 6.07) is 8.63. The van der Waals surface area contributed by atoms with Crippen molar-refractivity contribution in [1.82, 2.24) is 4.90 Å². The Balaban J connectivity index is 3.08. The maximum Gasteiger partial charge on any atom is 0.411 e. The number of nitrogens with zero attached hydrogens (tertiary/aromatic N) is 1. The molecule has 0 aromatic heterocycles. The maximum atomic E-state index is 12.6. The first-order chi connectivity index (χ1) is 11.8. The van der Waals surface area contributed by atoms with Gasteiger partial charge < -0.3 is 14.6 Å². The van der Waals surface area contributed by atoms with Crippen LogP contribution in [-0.4, -0.2) is 53.5 Å². The summed E-state index contributed by atoms with van der Waals surface area (Å²) in [5.41, 5.74) is 0.235. The van der Waals surface area contributed by atoms with Crippen LogP contribution in [0.15, 0.2) is 30.3 Å². The van der Waals surface area contributed by atoms with Crippen molar-refractivity contribution in [3.05, 3.63) is 35.9 Å². The van der Waals surface area contributed by atoms with Crippen LogP contribution in [0.25, 0.3) is 0 Å². The standard InChI is InChI=1S/C19H29NO5/c1-5-24-17(22)16(14-15-10-7-6-8-11-15)20(12-9-13-21)18(23)25-19(2,3)4/h6-8,10-11,16,21H,5,9,12-14H2,1-4H3/t16-/m0/s1. The molecule has 0 heterocycles. The Hall–Kier alpha value is -2.08. The van der Waals surface area contributed by atoms with E-state index in [1.165, 1.54) is 4.90 Å². The minimum Gasteiger partial charge on any atom is -0.464 e. The van der Waals surface area contributed by atoms with Gasteiger partial charge in [-0.05, 0) is 39.7 Å². The number of carbonyl (C=O) groups excluding carboxylic acids is 2. The third-order valence-corrected chi connectivity index (χ3v) is 3.39. The molecule has 0 unspecified atom stereocenters. The summed E-state index contributed by atoms with van der Waals surface area (Å²) >= 11 is 0. The third kappa shape index (κ3) is 7.56. The van der Waals surface area contributed by atoms with Gasteiger partial charge in [-0.3, -0.25) is 4.90 Å². The van der Waals surface area contributed by atoms with Gasteiger partial charge in [-0.1, -0.05) is 30.3 Å². The number of aliphatic hydroxyl groups is 1. The fraction of sp³-hybridized carbons (Fsp3) is 0.579. The van der Waals surface area contributed by atoms with Crippen LogP contribution in [0.5, 0.6) is 0 Å². The molecule has 1 N–H and O–H groups in total. The minimum atomic E-state index is -0.802. The molecule has 140 valence electrons. The highest BCUT2D eigenvalue weighted by Crippen LogP contribution is 2.17. The van der Waals surface area contributed by atoms with Crippen LogP contribution in [0.4, 0.5) is 4.79 Å². The molecular formula is C19H29NO5. The van der Waals surface area contributed by atoms with E-state index in [1.54, 1.807) is 27.7 Å². The van der Waals surface area contributed by atoms with E-state index in [9.17, 15) is 9.59 Å². The largest absolute Gasteiger partial charge is 0.464 e. The van der Waals surface area contributed by atoms with E-state index in [-0.39, 0.29) is 19.8 Å². The van der Waals surface area contributed by atoms with Crippen molar-refractivity contribution in [2.24, 2.45) is 0 Å². The number of amides is 1. The van der Waals surface area contributed by atoms with Crippen LogP contribution in [0, 0.1) is 0 Å². The molecule has 0 aliphatic rings.